The maximum absolute atomic E-state index is 7.79. The second kappa shape index (κ2) is 2.18. The van der Waals surface area contributed by atoms with Gasteiger partial charge in [0.1, 0.15) is 5.17 Å². The van der Waals surface area contributed by atoms with Gasteiger partial charge in [0.2, 0.25) is 0 Å². The molecule has 0 fully saturated rings. The van der Waals surface area contributed by atoms with Crippen molar-refractivity contribution < 1.29 is 5.11 Å². The summed E-state index contributed by atoms with van der Waals surface area (Å²) in [5.74, 6) is 0. The highest BCUT2D eigenvalue weighted by Gasteiger charge is 1.76. The fourth-order valence-corrected chi connectivity index (χ4v) is 0. The molecule has 5 heavy (non-hydrogen) atoms. The second-order valence-electron chi connectivity index (χ2n) is 0.563. The van der Waals surface area contributed by atoms with Crippen molar-refractivity contribution in [2.24, 2.45) is 0 Å². The lowest BCUT2D eigenvalue weighted by Gasteiger charge is -1.74. The van der Waals surface area contributed by atoms with E-state index in [1.165, 1.54) is 0 Å². The van der Waals surface area contributed by atoms with E-state index < -0.39 is 0 Å². The Hall–Kier alpha value is -0.0800. The van der Waals surface area contributed by atoms with E-state index in [4.69, 9.17) is 22.1 Å². The molecular weight excluding hydrogens is 89.5 g/mol. The summed E-state index contributed by atoms with van der Waals surface area (Å²) >= 11 is 4.80. The number of aliphatic hydroxyl groups is 1. The largest absolute Gasteiger partial charge is 0.389 e. The van der Waals surface area contributed by atoms with E-state index >= 15 is 0 Å². The number of aliphatic hydroxyl groups excluding tert-OH is 1. The van der Waals surface area contributed by atoms with E-state index in [1.54, 1.807) is 0 Å². The van der Waals surface area contributed by atoms with Crippen LogP contribution >= 0.6 is 11.6 Å². The first-order valence-electron chi connectivity index (χ1n) is 1.11. The molecule has 0 bridgehead atoms. The van der Waals surface area contributed by atoms with Crippen LogP contribution in [0.4, 0.5) is 0 Å². The van der Waals surface area contributed by atoms with Crippen LogP contribution in [0.2, 0.25) is 0 Å². The Labute approximate surface area is 34.9 Å². The van der Waals surface area contributed by atoms with Crippen molar-refractivity contribution in [1.29, 1.82) is 5.41 Å². The molecule has 0 rings (SSSR count). The molecule has 2 N–H and O–H groups in total. The lowest BCUT2D eigenvalue weighted by Crippen LogP contribution is -1.88. The van der Waals surface area contributed by atoms with Gasteiger partial charge in [0.25, 0.3) is 0 Å². The second-order valence-corrected chi connectivity index (χ2v) is 1.02. The fourth-order valence-electron chi connectivity index (χ4n) is 0. The van der Waals surface area contributed by atoms with E-state index in [2.05, 4.69) is 0 Å². The van der Waals surface area contributed by atoms with Crippen molar-refractivity contribution in [3.8, 4) is 0 Å². The van der Waals surface area contributed by atoms with E-state index in [0.29, 0.717) is 0 Å². The van der Waals surface area contributed by atoms with Gasteiger partial charge < -0.3 is 5.11 Å². The Bertz CT molecular complexity index is 44.9. The van der Waals surface area contributed by atoms with Crippen molar-refractivity contribution in [3.63, 3.8) is 0 Å². The third kappa shape index (κ3) is 3.92. The number of halogens is 1. The SMILES string of the molecule is N=C(Cl)CO. The summed E-state index contributed by atoms with van der Waals surface area (Å²) in [6.45, 7) is -0.346. The number of rotatable bonds is 1. The molecule has 0 heterocycles. The molecule has 0 aromatic rings. The quantitative estimate of drug-likeness (QED) is 0.447. The third-order valence-electron chi connectivity index (χ3n) is 0.139. The average molecular weight is 93.5 g/mol. The topological polar surface area (TPSA) is 44.1 Å². The molecule has 0 aromatic carbocycles. The molecule has 0 aliphatic carbocycles. The van der Waals surface area contributed by atoms with E-state index in [9.17, 15) is 0 Å². The van der Waals surface area contributed by atoms with Gasteiger partial charge in [0.05, 0.1) is 6.61 Å². The van der Waals surface area contributed by atoms with Gasteiger partial charge in [-0.3, -0.25) is 5.41 Å². The Morgan fingerprint density at radius 1 is 2.00 bits per heavy atom. The van der Waals surface area contributed by atoms with E-state index in [-0.39, 0.29) is 11.8 Å². The standard InChI is InChI=1S/C2H4ClNO/c3-2(4)1-5/h4-5H,1H2. The van der Waals surface area contributed by atoms with Crippen LogP contribution in [0.25, 0.3) is 0 Å². The number of hydrogen-bond donors (Lipinski definition) is 2. The maximum Gasteiger partial charge on any atom is 0.123 e. The molecule has 0 amide bonds. The summed E-state index contributed by atoms with van der Waals surface area (Å²) in [5.41, 5.74) is 0. The summed E-state index contributed by atoms with van der Waals surface area (Å²) in [7, 11) is 0. The van der Waals surface area contributed by atoms with Crippen LogP contribution < -0.4 is 0 Å². The fraction of sp³-hybridized carbons (Fsp3) is 0.500. The van der Waals surface area contributed by atoms with Crippen LogP contribution in [0, 0.1) is 5.41 Å². The third-order valence-corrected chi connectivity index (χ3v) is 0.258. The summed E-state index contributed by atoms with van der Waals surface area (Å²) in [6.07, 6.45) is 0. The van der Waals surface area contributed by atoms with Crippen LogP contribution in [-0.4, -0.2) is 16.9 Å². The normalized spacial score (nSPS) is 7.60. The Morgan fingerprint density at radius 2 is 2.20 bits per heavy atom. The molecule has 0 aliphatic heterocycles. The minimum atomic E-state index is -0.346. The highest BCUT2D eigenvalue weighted by atomic mass is 35.5. The van der Waals surface area contributed by atoms with Crippen LogP contribution in [-0.2, 0) is 0 Å². The maximum atomic E-state index is 7.79. The van der Waals surface area contributed by atoms with Gasteiger partial charge in [-0.1, -0.05) is 11.6 Å². The van der Waals surface area contributed by atoms with Gasteiger partial charge in [0, 0.05) is 0 Å². The minimum Gasteiger partial charge on any atom is -0.389 e. The first-order valence-corrected chi connectivity index (χ1v) is 1.49. The smallest absolute Gasteiger partial charge is 0.123 e. The zero-order valence-electron chi connectivity index (χ0n) is 2.53. The van der Waals surface area contributed by atoms with Gasteiger partial charge in [-0.2, -0.15) is 0 Å². The Morgan fingerprint density at radius 3 is 2.20 bits per heavy atom. The van der Waals surface area contributed by atoms with E-state index in [0.717, 1.165) is 0 Å². The Kier molecular flexibility index (Phi) is 2.14. The van der Waals surface area contributed by atoms with Crippen molar-refractivity contribution in [3.05, 3.63) is 0 Å². The summed E-state index contributed by atoms with van der Waals surface area (Å²) in [5, 5.41) is 13.8. The molecule has 0 radical (unpaired) electrons. The molecule has 0 aliphatic rings. The Balaban J connectivity index is 2.85. The van der Waals surface area contributed by atoms with Gasteiger partial charge >= 0.3 is 0 Å². The van der Waals surface area contributed by atoms with Gasteiger partial charge in [-0.05, 0) is 0 Å². The minimum absolute atomic E-state index is 0.218. The van der Waals surface area contributed by atoms with Crippen LogP contribution in [0.1, 0.15) is 0 Å². The summed E-state index contributed by atoms with van der Waals surface area (Å²) < 4.78 is 0. The van der Waals surface area contributed by atoms with Crippen LogP contribution in [0.5, 0.6) is 0 Å². The molecule has 0 atom stereocenters. The lowest BCUT2D eigenvalue weighted by molar-refractivity contribution is 0.359. The van der Waals surface area contributed by atoms with Crippen molar-refractivity contribution in [2.75, 3.05) is 6.61 Å². The molecule has 30 valence electrons. The first-order chi connectivity index (χ1) is 2.27. The highest BCUT2D eigenvalue weighted by Crippen LogP contribution is 1.71. The van der Waals surface area contributed by atoms with Crippen LogP contribution in [0.15, 0.2) is 0 Å². The predicted molar refractivity (Wildman–Crippen MR) is 20.7 cm³/mol. The molecule has 0 saturated heterocycles. The van der Waals surface area contributed by atoms with Gasteiger partial charge in [-0.25, -0.2) is 0 Å². The number of nitrogens with one attached hydrogen (secondary N) is 1. The first kappa shape index (κ1) is 4.92. The highest BCUT2D eigenvalue weighted by molar-refractivity contribution is 6.64. The average Bonchev–Trinajstić information content (AvgIpc) is 1.38. The van der Waals surface area contributed by atoms with Gasteiger partial charge in [0.15, 0.2) is 0 Å². The van der Waals surface area contributed by atoms with E-state index in [1.807, 2.05) is 0 Å². The monoisotopic (exact) mass is 93.0 g/mol. The number of hydrogen-bond acceptors (Lipinski definition) is 2. The molecule has 0 aromatic heterocycles. The van der Waals surface area contributed by atoms with Crippen molar-refractivity contribution in [1.82, 2.24) is 0 Å². The predicted octanol–water partition coefficient (Wildman–Crippen LogP) is 0.195. The van der Waals surface area contributed by atoms with Crippen molar-refractivity contribution >= 4 is 16.8 Å². The molecule has 2 nitrogen and oxygen atoms in total. The molecule has 0 unspecified atom stereocenters. The molecule has 0 spiro atoms. The molecule has 3 heteroatoms. The van der Waals surface area contributed by atoms with Crippen LogP contribution in [0.3, 0.4) is 0 Å². The lowest BCUT2D eigenvalue weighted by atomic mass is 10.8. The van der Waals surface area contributed by atoms with Crippen molar-refractivity contribution in [2.45, 2.75) is 0 Å². The summed E-state index contributed by atoms with van der Waals surface area (Å²) in [4.78, 5) is 0. The van der Waals surface area contributed by atoms with Gasteiger partial charge in [-0.15, -0.1) is 0 Å². The zero-order valence-corrected chi connectivity index (χ0v) is 3.29. The zero-order chi connectivity index (χ0) is 4.28. The molecule has 0 saturated carbocycles. The summed E-state index contributed by atoms with van der Waals surface area (Å²) in [6, 6.07) is 0. The molecular formula is C2H4ClNO.